The van der Waals surface area contributed by atoms with Gasteiger partial charge in [-0.25, -0.2) is 8.78 Å². The molecular formula is C21H16F2O2. The minimum atomic E-state index is -0.446. The number of allylic oxidation sites excluding steroid dienone is 2. The molecule has 2 aromatic carbocycles. The van der Waals surface area contributed by atoms with Gasteiger partial charge in [0.15, 0.2) is 11.6 Å². The van der Waals surface area contributed by atoms with E-state index in [0.29, 0.717) is 11.1 Å². The van der Waals surface area contributed by atoms with Crippen LogP contribution in [0.4, 0.5) is 8.78 Å². The van der Waals surface area contributed by atoms with Gasteiger partial charge in [-0.3, -0.25) is 9.59 Å². The smallest absolute Gasteiger partial charge is 0.167 e. The molecule has 0 spiro atoms. The van der Waals surface area contributed by atoms with E-state index in [-0.39, 0.29) is 23.4 Å². The topological polar surface area (TPSA) is 34.1 Å². The SMILES string of the molecule is O=C(c1ccc(F)cc1)C1C(C(=O)c2ccc(F)cc2)[C@H]2C=C[C@@H]1C2. The average Bonchev–Trinajstić information content (AvgIpc) is 3.23. The molecule has 126 valence electrons. The third-order valence-corrected chi connectivity index (χ3v) is 5.32. The molecule has 2 aromatic rings. The van der Waals surface area contributed by atoms with E-state index < -0.39 is 23.5 Å². The zero-order valence-corrected chi connectivity index (χ0v) is 13.4. The number of carbonyl (C=O) groups is 2. The van der Waals surface area contributed by atoms with Gasteiger partial charge in [-0.05, 0) is 66.8 Å². The number of carbonyl (C=O) groups excluding carboxylic acids is 2. The number of ketones is 2. The average molecular weight is 338 g/mol. The molecule has 2 aliphatic carbocycles. The molecule has 0 aliphatic heterocycles. The number of hydrogen-bond acceptors (Lipinski definition) is 2. The van der Waals surface area contributed by atoms with Crippen molar-refractivity contribution < 1.29 is 18.4 Å². The maximum absolute atomic E-state index is 13.1. The first kappa shape index (κ1) is 15.9. The van der Waals surface area contributed by atoms with Crippen molar-refractivity contribution in [1.29, 1.82) is 0 Å². The van der Waals surface area contributed by atoms with E-state index >= 15 is 0 Å². The van der Waals surface area contributed by atoms with Crippen LogP contribution in [0, 0.1) is 35.3 Å². The summed E-state index contributed by atoms with van der Waals surface area (Å²) < 4.78 is 26.3. The molecule has 0 saturated heterocycles. The quantitative estimate of drug-likeness (QED) is 0.609. The van der Waals surface area contributed by atoms with Crippen LogP contribution in [0.5, 0.6) is 0 Å². The highest BCUT2D eigenvalue weighted by Gasteiger charge is 2.51. The molecule has 1 saturated carbocycles. The normalized spacial score (nSPS) is 26.8. The van der Waals surface area contributed by atoms with Crippen molar-refractivity contribution in [3.05, 3.63) is 83.4 Å². The van der Waals surface area contributed by atoms with Crippen LogP contribution < -0.4 is 0 Å². The van der Waals surface area contributed by atoms with Crippen LogP contribution in [-0.4, -0.2) is 11.6 Å². The van der Waals surface area contributed by atoms with Gasteiger partial charge in [-0.1, -0.05) is 12.2 Å². The summed E-state index contributed by atoms with van der Waals surface area (Å²) in [5.41, 5.74) is 0.841. The molecule has 4 heteroatoms. The minimum absolute atomic E-state index is 0.0250. The molecule has 2 aliphatic rings. The fourth-order valence-electron chi connectivity index (χ4n) is 4.15. The van der Waals surface area contributed by atoms with Gasteiger partial charge < -0.3 is 0 Å². The van der Waals surface area contributed by atoms with Crippen LogP contribution in [0.25, 0.3) is 0 Å². The fourth-order valence-corrected chi connectivity index (χ4v) is 4.15. The lowest BCUT2D eigenvalue weighted by Crippen LogP contribution is -2.33. The van der Waals surface area contributed by atoms with Gasteiger partial charge in [0.1, 0.15) is 11.6 Å². The van der Waals surface area contributed by atoms with Gasteiger partial charge in [0, 0.05) is 23.0 Å². The molecule has 2 unspecified atom stereocenters. The van der Waals surface area contributed by atoms with Crippen molar-refractivity contribution in [2.45, 2.75) is 6.42 Å². The van der Waals surface area contributed by atoms with Crippen molar-refractivity contribution in [2.75, 3.05) is 0 Å². The molecule has 1 fully saturated rings. The molecule has 2 nitrogen and oxygen atoms in total. The molecule has 4 rings (SSSR count). The molecule has 4 atom stereocenters. The zero-order chi connectivity index (χ0) is 17.6. The van der Waals surface area contributed by atoms with Crippen LogP contribution in [-0.2, 0) is 0 Å². The van der Waals surface area contributed by atoms with Crippen molar-refractivity contribution >= 4 is 11.6 Å². The Hall–Kier alpha value is -2.62. The van der Waals surface area contributed by atoms with Crippen LogP contribution in [0.15, 0.2) is 60.7 Å². The Labute approximate surface area is 144 Å². The lowest BCUT2D eigenvalue weighted by molar-refractivity contribution is 0.0752. The lowest BCUT2D eigenvalue weighted by atomic mass is 9.75. The number of halogens is 2. The molecule has 2 bridgehead atoms. The van der Waals surface area contributed by atoms with E-state index in [1.54, 1.807) is 0 Å². The van der Waals surface area contributed by atoms with E-state index in [1.165, 1.54) is 48.5 Å². The first-order valence-corrected chi connectivity index (χ1v) is 8.32. The van der Waals surface area contributed by atoms with Crippen molar-refractivity contribution in [1.82, 2.24) is 0 Å². The Morgan fingerprint density at radius 2 is 1.04 bits per heavy atom. The molecule has 0 radical (unpaired) electrons. The molecule has 0 heterocycles. The fraction of sp³-hybridized carbons (Fsp3) is 0.238. The maximum Gasteiger partial charge on any atom is 0.167 e. The molecule has 0 aromatic heterocycles. The predicted octanol–water partition coefficient (Wildman–Crippen LogP) is 4.47. The third kappa shape index (κ3) is 2.72. The van der Waals surface area contributed by atoms with E-state index in [1.807, 2.05) is 12.2 Å². The summed E-state index contributed by atoms with van der Waals surface area (Å²) in [5, 5.41) is 0. The Kier molecular flexibility index (Phi) is 3.83. The Morgan fingerprint density at radius 3 is 1.40 bits per heavy atom. The summed E-state index contributed by atoms with van der Waals surface area (Å²) >= 11 is 0. The zero-order valence-electron chi connectivity index (χ0n) is 13.4. The molecular weight excluding hydrogens is 322 g/mol. The highest BCUT2D eigenvalue weighted by atomic mass is 19.1. The largest absolute Gasteiger partial charge is 0.294 e. The van der Waals surface area contributed by atoms with Crippen molar-refractivity contribution in [3.63, 3.8) is 0 Å². The second kappa shape index (κ2) is 6.03. The van der Waals surface area contributed by atoms with Crippen molar-refractivity contribution in [2.24, 2.45) is 23.7 Å². The number of rotatable bonds is 4. The molecule has 0 amide bonds. The number of Topliss-reactive ketones (excluding diaryl/α,β-unsaturated/α-hetero) is 2. The number of hydrogen-bond donors (Lipinski definition) is 0. The second-order valence-electron chi connectivity index (χ2n) is 6.74. The summed E-state index contributed by atoms with van der Waals surface area (Å²) in [6, 6.07) is 10.9. The molecule has 25 heavy (non-hydrogen) atoms. The van der Waals surface area contributed by atoms with E-state index in [9.17, 15) is 18.4 Å². The maximum atomic E-state index is 13.1. The van der Waals surface area contributed by atoms with Crippen molar-refractivity contribution in [3.8, 4) is 0 Å². The number of fused-ring (bicyclic) bond motifs is 2. The Morgan fingerprint density at radius 1 is 0.680 bits per heavy atom. The Bertz CT molecular complexity index is 781. The summed E-state index contributed by atoms with van der Waals surface area (Å²) in [4.78, 5) is 26.0. The van der Waals surface area contributed by atoms with E-state index in [0.717, 1.165) is 6.42 Å². The first-order valence-electron chi connectivity index (χ1n) is 8.32. The van der Waals surface area contributed by atoms with E-state index in [4.69, 9.17) is 0 Å². The first-order chi connectivity index (χ1) is 12.0. The highest BCUT2D eigenvalue weighted by Crippen LogP contribution is 2.50. The van der Waals surface area contributed by atoms with Crippen LogP contribution >= 0.6 is 0 Å². The third-order valence-electron chi connectivity index (χ3n) is 5.32. The van der Waals surface area contributed by atoms with Gasteiger partial charge in [0.2, 0.25) is 0 Å². The van der Waals surface area contributed by atoms with Gasteiger partial charge >= 0.3 is 0 Å². The summed E-state index contributed by atoms with van der Waals surface area (Å²) in [5.74, 6) is -1.90. The monoisotopic (exact) mass is 338 g/mol. The predicted molar refractivity (Wildman–Crippen MR) is 89.2 cm³/mol. The van der Waals surface area contributed by atoms with E-state index in [2.05, 4.69) is 0 Å². The van der Waals surface area contributed by atoms with Gasteiger partial charge in [-0.15, -0.1) is 0 Å². The van der Waals surface area contributed by atoms with Crippen LogP contribution in [0.3, 0.4) is 0 Å². The second-order valence-corrected chi connectivity index (χ2v) is 6.74. The van der Waals surface area contributed by atoms with Gasteiger partial charge in [-0.2, -0.15) is 0 Å². The standard InChI is InChI=1S/C21H16F2O2/c22-16-7-3-12(4-8-16)20(24)18-14-1-2-15(11-14)19(18)21(25)13-5-9-17(23)10-6-13/h1-10,14-15,18-19H,11H2/t14-,15+,18?,19?. The Balaban J connectivity index is 1.67. The summed E-state index contributed by atoms with van der Waals surface area (Å²) in [6.45, 7) is 0. The minimum Gasteiger partial charge on any atom is -0.294 e. The lowest BCUT2D eigenvalue weighted by Gasteiger charge is -2.26. The summed E-state index contributed by atoms with van der Waals surface area (Å²) in [7, 11) is 0. The van der Waals surface area contributed by atoms with Gasteiger partial charge in [0.25, 0.3) is 0 Å². The number of benzene rings is 2. The summed E-state index contributed by atoms with van der Waals surface area (Å²) in [6.07, 6.45) is 4.78. The van der Waals surface area contributed by atoms with Crippen LogP contribution in [0.1, 0.15) is 27.1 Å². The highest BCUT2D eigenvalue weighted by molar-refractivity contribution is 6.06. The molecule has 0 N–H and O–H groups in total. The van der Waals surface area contributed by atoms with Gasteiger partial charge in [0.05, 0.1) is 0 Å². The van der Waals surface area contributed by atoms with Crippen LogP contribution in [0.2, 0.25) is 0 Å².